The molecule has 1 rings (SSSR count). The number of carboxylic acid groups (broad SMARTS) is 1. The molecule has 5 nitrogen and oxygen atoms in total. The number of carbonyl (C=O) groups excluding carboxylic acids is 1. The summed E-state index contributed by atoms with van der Waals surface area (Å²) in [5.41, 5.74) is -1.41. The summed E-state index contributed by atoms with van der Waals surface area (Å²) in [5, 5.41) is 18.9. The Balaban J connectivity index is 3.15. The molecular formula is C12H14ClNO4. The monoisotopic (exact) mass is 271 g/mol. The van der Waals surface area contributed by atoms with E-state index in [1.165, 1.54) is 39.1 Å². The van der Waals surface area contributed by atoms with E-state index in [1.807, 2.05) is 0 Å². The third kappa shape index (κ3) is 2.56. The highest BCUT2D eigenvalue weighted by molar-refractivity contribution is 6.31. The standard InChI is InChI=1S/C12H14ClNO4/c1-12(2,11(17)18)14(3)10(16)8-6-7(13)4-5-9(8)15/h4-6,15H,1-3H3,(H,17,18). The van der Waals surface area contributed by atoms with Crippen molar-refractivity contribution >= 4 is 23.5 Å². The van der Waals surface area contributed by atoms with Gasteiger partial charge in [0.15, 0.2) is 0 Å². The van der Waals surface area contributed by atoms with Gasteiger partial charge in [-0.1, -0.05) is 11.6 Å². The van der Waals surface area contributed by atoms with Crippen LogP contribution in [0.2, 0.25) is 5.02 Å². The van der Waals surface area contributed by atoms with Crippen LogP contribution in [0.1, 0.15) is 24.2 Å². The molecule has 1 amide bonds. The molecule has 0 fully saturated rings. The highest BCUT2D eigenvalue weighted by Gasteiger charge is 2.36. The fourth-order valence-corrected chi connectivity index (χ4v) is 1.43. The van der Waals surface area contributed by atoms with Gasteiger partial charge in [-0.3, -0.25) is 4.79 Å². The summed E-state index contributed by atoms with van der Waals surface area (Å²) in [7, 11) is 1.36. The zero-order valence-corrected chi connectivity index (χ0v) is 11.0. The lowest BCUT2D eigenvalue weighted by atomic mass is 10.0. The first-order valence-electron chi connectivity index (χ1n) is 5.18. The molecule has 1 aromatic carbocycles. The summed E-state index contributed by atoms with van der Waals surface area (Å²) in [6.45, 7) is 2.80. The Morgan fingerprint density at radius 1 is 1.33 bits per heavy atom. The molecule has 0 heterocycles. The van der Waals surface area contributed by atoms with Gasteiger partial charge < -0.3 is 15.1 Å². The van der Waals surface area contributed by atoms with E-state index in [0.717, 1.165) is 4.90 Å². The van der Waals surface area contributed by atoms with Crippen molar-refractivity contribution in [3.63, 3.8) is 0 Å². The summed E-state index contributed by atoms with van der Waals surface area (Å²) in [4.78, 5) is 24.2. The van der Waals surface area contributed by atoms with Crippen LogP contribution in [-0.4, -0.2) is 39.6 Å². The van der Waals surface area contributed by atoms with E-state index in [2.05, 4.69) is 0 Å². The predicted molar refractivity (Wildman–Crippen MR) is 66.9 cm³/mol. The number of rotatable bonds is 3. The lowest BCUT2D eigenvalue weighted by Gasteiger charge is -2.31. The topological polar surface area (TPSA) is 77.8 Å². The van der Waals surface area contributed by atoms with E-state index < -0.39 is 17.4 Å². The SMILES string of the molecule is CN(C(=O)c1cc(Cl)ccc1O)C(C)(C)C(=O)O. The van der Waals surface area contributed by atoms with E-state index in [4.69, 9.17) is 16.7 Å². The Morgan fingerprint density at radius 2 is 1.89 bits per heavy atom. The highest BCUT2D eigenvalue weighted by atomic mass is 35.5. The fourth-order valence-electron chi connectivity index (χ4n) is 1.26. The van der Waals surface area contributed by atoms with Crippen LogP contribution in [0.5, 0.6) is 5.75 Å². The minimum Gasteiger partial charge on any atom is -0.507 e. The third-order valence-corrected chi connectivity index (χ3v) is 3.09. The Labute approximate surface area is 110 Å². The Morgan fingerprint density at radius 3 is 2.39 bits per heavy atom. The molecular weight excluding hydrogens is 258 g/mol. The maximum Gasteiger partial charge on any atom is 0.329 e. The minimum atomic E-state index is -1.38. The van der Waals surface area contributed by atoms with Gasteiger partial charge in [0.05, 0.1) is 5.56 Å². The van der Waals surface area contributed by atoms with Crippen LogP contribution in [0.3, 0.4) is 0 Å². The van der Waals surface area contributed by atoms with Crippen LogP contribution in [0.4, 0.5) is 0 Å². The number of phenolic OH excluding ortho intramolecular Hbond substituents is 1. The molecule has 1 aromatic rings. The molecule has 0 saturated carbocycles. The zero-order valence-electron chi connectivity index (χ0n) is 10.3. The molecule has 0 aliphatic heterocycles. The summed E-state index contributed by atoms with van der Waals surface area (Å²) in [6.07, 6.45) is 0. The third-order valence-electron chi connectivity index (χ3n) is 2.86. The number of carbonyl (C=O) groups is 2. The largest absolute Gasteiger partial charge is 0.507 e. The minimum absolute atomic E-state index is 0.0284. The van der Waals surface area contributed by atoms with Gasteiger partial charge in [0.1, 0.15) is 11.3 Å². The van der Waals surface area contributed by atoms with E-state index >= 15 is 0 Å². The maximum atomic E-state index is 12.1. The Kier molecular flexibility index (Phi) is 3.86. The van der Waals surface area contributed by atoms with Crippen molar-refractivity contribution in [3.05, 3.63) is 28.8 Å². The van der Waals surface area contributed by atoms with Gasteiger partial charge in [0, 0.05) is 12.1 Å². The van der Waals surface area contributed by atoms with Crippen molar-refractivity contribution in [2.75, 3.05) is 7.05 Å². The number of halogens is 1. The molecule has 98 valence electrons. The van der Waals surface area contributed by atoms with Crippen LogP contribution in [0.15, 0.2) is 18.2 Å². The van der Waals surface area contributed by atoms with Crippen LogP contribution in [0.25, 0.3) is 0 Å². The van der Waals surface area contributed by atoms with Gasteiger partial charge in [-0.15, -0.1) is 0 Å². The molecule has 0 aliphatic rings. The second-order valence-electron chi connectivity index (χ2n) is 4.39. The molecule has 0 unspecified atom stereocenters. The molecule has 0 spiro atoms. The van der Waals surface area contributed by atoms with Crippen molar-refractivity contribution in [3.8, 4) is 5.75 Å². The predicted octanol–water partition coefficient (Wildman–Crippen LogP) is 1.98. The normalized spacial score (nSPS) is 11.1. The molecule has 0 aromatic heterocycles. The number of likely N-dealkylation sites (N-methyl/N-ethyl adjacent to an activating group) is 1. The van der Waals surface area contributed by atoms with Gasteiger partial charge in [0.25, 0.3) is 5.91 Å². The van der Waals surface area contributed by atoms with Gasteiger partial charge in [-0.25, -0.2) is 4.79 Å². The number of phenols is 1. The summed E-state index contributed by atoms with van der Waals surface area (Å²) in [6, 6.07) is 4.03. The van der Waals surface area contributed by atoms with Crippen LogP contribution >= 0.6 is 11.6 Å². The molecule has 0 aliphatic carbocycles. The van der Waals surface area contributed by atoms with Crippen molar-refractivity contribution in [1.82, 2.24) is 4.90 Å². The smallest absolute Gasteiger partial charge is 0.329 e. The van der Waals surface area contributed by atoms with E-state index in [1.54, 1.807) is 0 Å². The van der Waals surface area contributed by atoms with Crippen LogP contribution in [-0.2, 0) is 4.79 Å². The number of carboxylic acids is 1. The lowest BCUT2D eigenvalue weighted by Crippen LogP contribution is -2.50. The number of benzene rings is 1. The van der Waals surface area contributed by atoms with Gasteiger partial charge in [0.2, 0.25) is 0 Å². The number of amides is 1. The number of hydrogen-bond acceptors (Lipinski definition) is 3. The van der Waals surface area contributed by atoms with Crippen molar-refractivity contribution in [2.45, 2.75) is 19.4 Å². The van der Waals surface area contributed by atoms with Gasteiger partial charge in [-0.2, -0.15) is 0 Å². The average molecular weight is 272 g/mol. The number of aliphatic carboxylic acids is 1. The second kappa shape index (κ2) is 4.86. The maximum absolute atomic E-state index is 12.1. The summed E-state index contributed by atoms with van der Waals surface area (Å²) in [5.74, 6) is -1.99. The van der Waals surface area contributed by atoms with Crippen molar-refractivity contribution < 1.29 is 19.8 Å². The zero-order chi connectivity index (χ0) is 14.1. The molecule has 18 heavy (non-hydrogen) atoms. The molecule has 0 radical (unpaired) electrons. The Bertz CT molecular complexity index is 499. The Hall–Kier alpha value is -1.75. The van der Waals surface area contributed by atoms with Gasteiger partial charge >= 0.3 is 5.97 Å². The van der Waals surface area contributed by atoms with Gasteiger partial charge in [-0.05, 0) is 32.0 Å². The molecule has 0 saturated heterocycles. The first-order valence-corrected chi connectivity index (χ1v) is 5.55. The number of nitrogens with zero attached hydrogens (tertiary/aromatic N) is 1. The van der Waals surface area contributed by atoms with Crippen molar-refractivity contribution in [2.24, 2.45) is 0 Å². The molecule has 6 heteroatoms. The quantitative estimate of drug-likeness (QED) is 0.881. The fraction of sp³-hybridized carbons (Fsp3) is 0.333. The van der Waals surface area contributed by atoms with E-state index in [9.17, 15) is 14.7 Å². The van der Waals surface area contributed by atoms with Crippen LogP contribution < -0.4 is 0 Å². The summed E-state index contributed by atoms with van der Waals surface area (Å²) >= 11 is 5.74. The van der Waals surface area contributed by atoms with E-state index in [-0.39, 0.29) is 16.3 Å². The molecule has 0 bridgehead atoms. The summed E-state index contributed by atoms with van der Waals surface area (Å²) < 4.78 is 0. The van der Waals surface area contributed by atoms with Crippen molar-refractivity contribution in [1.29, 1.82) is 0 Å². The van der Waals surface area contributed by atoms with E-state index in [0.29, 0.717) is 0 Å². The second-order valence-corrected chi connectivity index (χ2v) is 4.83. The first kappa shape index (κ1) is 14.3. The lowest BCUT2D eigenvalue weighted by molar-refractivity contribution is -0.147. The molecule has 2 N–H and O–H groups in total. The first-order chi connectivity index (χ1) is 8.17. The van der Waals surface area contributed by atoms with Crippen LogP contribution in [0, 0.1) is 0 Å². The highest BCUT2D eigenvalue weighted by Crippen LogP contribution is 2.25. The molecule has 0 atom stereocenters. The average Bonchev–Trinajstić information content (AvgIpc) is 2.30. The number of aromatic hydroxyl groups is 1. The number of hydrogen-bond donors (Lipinski definition) is 2.